The van der Waals surface area contributed by atoms with Crippen molar-refractivity contribution < 1.29 is 18.0 Å². The van der Waals surface area contributed by atoms with Gasteiger partial charge in [-0.05, 0) is 37.1 Å². The van der Waals surface area contributed by atoms with E-state index in [1.807, 2.05) is 31.2 Å². The Morgan fingerprint density at radius 3 is 2.39 bits per heavy atom. The summed E-state index contributed by atoms with van der Waals surface area (Å²) in [6.07, 6.45) is -4.19. The molecule has 5 heteroatoms. The van der Waals surface area contributed by atoms with Gasteiger partial charge in [-0.25, -0.2) is 0 Å². The van der Waals surface area contributed by atoms with Crippen LogP contribution in [0.25, 0.3) is 0 Å². The second kappa shape index (κ2) is 6.86. The number of hydrogen-bond donors (Lipinski definition) is 1. The highest BCUT2D eigenvalue weighted by Crippen LogP contribution is 2.30. The summed E-state index contributed by atoms with van der Waals surface area (Å²) in [7, 11) is 0. The van der Waals surface area contributed by atoms with Gasteiger partial charge in [-0.3, -0.25) is 4.79 Å². The van der Waals surface area contributed by atoms with E-state index in [2.05, 4.69) is 5.32 Å². The van der Waals surface area contributed by atoms with Gasteiger partial charge >= 0.3 is 6.18 Å². The summed E-state index contributed by atoms with van der Waals surface area (Å²) in [6, 6.07) is 12.1. The highest BCUT2D eigenvalue weighted by molar-refractivity contribution is 5.79. The van der Waals surface area contributed by atoms with Gasteiger partial charge in [0.15, 0.2) is 0 Å². The maximum Gasteiger partial charge on any atom is 0.416 e. The van der Waals surface area contributed by atoms with Crippen molar-refractivity contribution in [3.8, 4) is 0 Å². The molecule has 0 bridgehead atoms. The topological polar surface area (TPSA) is 29.1 Å². The van der Waals surface area contributed by atoms with Gasteiger partial charge in [-0.2, -0.15) is 13.2 Å². The van der Waals surface area contributed by atoms with E-state index >= 15 is 0 Å². The molecule has 0 heterocycles. The van der Waals surface area contributed by atoms with Crippen molar-refractivity contribution in [1.82, 2.24) is 5.32 Å². The molecule has 2 aromatic rings. The lowest BCUT2D eigenvalue weighted by atomic mass is 10.0. The molecule has 0 fully saturated rings. The summed E-state index contributed by atoms with van der Waals surface area (Å²) in [5.74, 6) is -0.223. The first-order valence-electron chi connectivity index (χ1n) is 7.28. The van der Waals surface area contributed by atoms with E-state index in [9.17, 15) is 18.0 Å². The lowest BCUT2D eigenvalue weighted by Crippen LogP contribution is -2.28. The van der Waals surface area contributed by atoms with Crippen molar-refractivity contribution in [1.29, 1.82) is 0 Å². The molecule has 122 valence electrons. The Hall–Kier alpha value is -2.30. The predicted octanol–water partition coefficient (Wildman–Crippen LogP) is 4.43. The molecular weight excluding hydrogens is 303 g/mol. The standard InChI is InChI=1S/C18H18F3NO/c1-12-6-8-14(9-7-12)10-17(23)22-13(2)15-4-3-5-16(11-15)18(19,20)21/h3-9,11,13H,10H2,1-2H3,(H,22,23). The van der Waals surface area contributed by atoms with E-state index in [0.717, 1.165) is 23.3 Å². The molecule has 0 aliphatic heterocycles. The van der Waals surface area contributed by atoms with Crippen LogP contribution in [0.2, 0.25) is 0 Å². The van der Waals surface area contributed by atoms with Gasteiger partial charge in [0.1, 0.15) is 0 Å². The molecule has 0 aliphatic carbocycles. The van der Waals surface area contributed by atoms with E-state index in [1.165, 1.54) is 6.07 Å². The van der Waals surface area contributed by atoms with Crippen LogP contribution in [0.1, 0.15) is 35.2 Å². The number of benzene rings is 2. The van der Waals surface area contributed by atoms with Crippen LogP contribution in [0.4, 0.5) is 13.2 Å². The average molecular weight is 321 g/mol. The first kappa shape index (κ1) is 17.1. The summed E-state index contributed by atoms with van der Waals surface area (Å²) in [5.41, 5.74) is 1.68. The van der Waals surface area contributed by atoms with Crippen molar-refractivity contribution in [3.63, 3.8) is 0 Å². The Morgan fingerprint density at radius 1 is 1.13 bits per heavy atom. The first-order valence-corrected chi connectivity index (χ1v) is 7.28. The third-order valence-electron chi connectivity index (χ3n) is 3.58. The Morgan fingerprint density at radius 2 is 1.78 bits per heavy atom. The van der Waals surface area contributed by atoms with Crippen LogP contribution in [0.5, 0.6) is 0 Å². The van der Waals surface area contributed by atoms with Crippen LogP contribution < -0.4 is 5.32 Å². The summed E-state index contributed by atoms with van der Waals surface area (Å²) >= 11 is 0. The van der Waals surface area contributed by atoms with E-state index in [4.69, 9.17) is 0 Å². The number of carbonyl (C=O) groups excluding carboxylic acids is 1. The molecule has 0 spiro atoms. The highest BCUT2D eigenvalue weighted by Gasteiger charge is 2.30. The Labute approximate surface area is 133 Å². The van der Waals surface area contributed by atoms with E-state index in [1.54, 1.807) is 13.0 Å². The zero-order chi connectivity index (χ0) is 17.0. The Bertz CT molecular complexity index is 677. The SMILES string of the molecule is Cc1ccc(CC(=O)NC(C)c2cccc(C(F)(F)F)c2)cc1. The van der Waals surface area contributed by atoms with Crippen LogP contribution in [0, 0.1) is 6.92 Å². The monoisotopic (exact) mass is 321 g/mol. The zero-order valence-corrected chi connectivity index (χ0v) is 12.9. The molecule has 0 aliphatic rings. The number of carbonyl (C=O) groups is 1. The molecule has 1 N–H and O–H groups in total. The minimum Gasteiger partial charge on any atom is -0.349 e. The highest BCUT2D eigenvalue weighted by atomic mass is 19.4. The van der Waals surface area contributed by atoms with Crippen molar-refractivity contribution in [2.24, 2.45) is 0 Å². The third kappa shape index (κ3) is 4.84. The summed E-state index contributed by atoms with van der Waals surface area (Å²) in [4.78, 5) is 12.0. The zero-order valence-electron chi connectivity index (χ0n) is 12.9. The molecule has 0 saturated heterocycles. The normalized spacial score (nSPS) is 12.7. The number of amides is 1. The maximum atomic E-state index is 12.7. The van der Waals surface area contributed by atoms with Crippen molar-refractivity contribution in [2.45, 2.75) is 32.5 Å². The first-order chi connectivity index (χ1) is 10.8. The Balaban J connectivity index is 2.02. The van der Waals surface area contributed by atoms with Gasteiger partial charge in [0.25, 0.3) is 0 Å². The molecule has 1 atom stereocenters. The lowest BCUT2D eigenvalue weighted by Gasteiger charge is -2.16. The van der Waals surface area contributed by atoms with Crippen molar-refractivity contribution >= 4 is 5.91 Å². The van der Waals surface area contributed by atoms with Gasteiger partial charge in [0.2, 0.25) is 5.91 Å². The fourth-order valence-electron chi connectivity index (χ4n) is 2.25. The number of alkyl halides is 3. The Kier molecular flexibility index (Phi) is 5.08. The van der Waals surface area contributed by atoms with E-state index < -0.39 is 17.8 Å². The minimum atomic E-state index is -4.39. The third-order valence-corrected chi connectivity index (χ3v) is 3.58. The minimum absolute atomic E-state index is 0.198. The summed E-state index contributed by atoms with van der Waals surface area (Å²) < 4.78 is 38.2. The molecule has 2 nitrogen and oxygen atoms in total. The average Bonchev–Trinajstić information content (AvgIpc) is 2.49. The van der Waals surface area contributed by atoms with E-state index in [0.29, 0.717) is 5.56 Å². The van der Waals surface area contributed by atoms with Gasteiger partial charge in [-0.15, -0.1) is 0 Å². The number of hydrogen-bond acceptors (Lipinski definition) is 1. The van der Waals surface area contributed by atoms with Crippen LogP contribution in [0.3, 0.4) is 0 Å². The molecule has 0 aromatic heterocycles. The molecular formula is C18H18F3NO. The summed E-state index contributed by atoms with van der Waals surface area (Å²) in [6.45, 7) is 3.63. The fourth-order valence-corrected chi connectivity index (χ4v) is 2.25. The van der Waals surface area contributed by atoms with Crippen LogP contribution in [0.15, 0.2) is 48.5 Å². The van der Waals surface area contributed by atoms with Crippen LogP contribution in [-0.4, -0.2) is 5.91 Å². The number of aryl methyl sites for hydroxylation is 1. The quantitative estimate of drug-likeness (QED) is 0.886. The fraction of sp³-hybridized carbons (Fsp3) is 0.278. The largest absolute Gasteiger partial charge is 0.416 e. The molecule has 0 radical (unpaired) electrons. The van der Waals surface area contributed by atoms with Crippen molar-refractivity contribution in [3.05, 3.63) is 70.8 Å². The van der Waals surface area contributed by atoms with E-state index in [-0.39, 0.29) is 12.3 Å². The molecule has 1 amide bonds. The number of nitrogens with one attached hydrogen (secondary N) is 1. The number of rotatable bonds is 4. The second-order valence-corrected chi connectivity index (χ2v) is 5.57. The molecule has 1 unspecified atom stereocenters. The van der Waals surface area contributed by atoms with Gasteiger partial charge in [0.05, 0.1) is 18.0 Å². The molecule has 2 rings (SSSR count). The second-order valence-electron chi connectivity index (χ2n) is 5.57. The van der Waals surface area contributed by atoms with Crippen LogP contribution >= 0.6 is 0 Å². The lowest BCUT2D eigenvalue weighted by molar-refractivity contribution is -0.137. The van der Waals surface area contributed by atoms with Crippen molar-refractivity contribution in [2.75, 3.05) is 0 Å². The summed E-state index contributed by atoms with van der Waals surface area (Å²) in [5, 5.41) is 2.73. The van der Waals surface area contributed by atoms with Gasteiger partial charge in [0, 0.05) is 0 Å². The maximum absolute atomic E-state index is 12.7. The molecule has 2 aromatic carbocycles. The smallest absolute Gasteiger partial charge is 0.349 e. The van der Waals surface area contributed by atoms with Gasteiger partial charge in [-0.1, -0.05) is 42.0 Å². The van der Waals surface area contributed by atoms with Crippen LogP contribution in [-0.2, 0) is 17.4 Å². The van der Waals surface area contributed by atoms with Gasteiger partial charge < -0.3 is 5.32 Å². The predicted molar refractivity (Wildman–Crippen MR) is 82.9 cm³/mol. The molecule has 0 saturated carbocycles. The number of halogens is 3. The molecule has 23 heavy (non-hydrogen) atoms.